The molecule has 3 rings (SSSR count). The molecule has 6 heteroatoms. The summed E-state index contributed by atoms with van der Waals surface area (Å²) in [7, 11) is 0. The third-order valence-corrected chi connectivity index (χ3v) is 3.97. The summed E-state index contributed by atoms with van der Waals surface area (Å²) in [5, 5.41) is 3.99. The number of benzene rings is 1. The van der Waals surface area contributed by atoms with Gasteiger partial charge in [0.15, 0.2) is 0 Å². The van der Waals surface area contributed by atoms with Crippen LogP contribution in [-0.2, 0) is 16.0 Å². The van der Waals surface area contributed by atoms with Crippen molar-refractivity contribution < 1.29 is 14.1 Å². The number of aromatic nitrogens is 2. The maximum Gasteiger partial charge on any atom is 0.226 e. The Hall–Kier alpha value is -2.21. The molecule has 0 radical (unpaired) electrons. The molecule has 1 aliphatic heterocycles. The average molecular weight is 315 g/mol. The molecular formula is C17H21N3O3. The monoisotopic (exact) mass is 315 g/mol. The molecule has 1 saturated heterocycles. The van der Waals surface area contributed by atoms with Gasteiger partial charge in [-0.05, 0) is 13.3 Å². The van der Waals surface area contributed by atoms with Gasteiger partial charge in [-0.3, -0.25) is 4.79 Å². The van der Waals surface area contributed by atoms with Crippen LogP contribution in [0.3, 0.4) is 0 Å². The number of aryl methyl sites for hydroxylation is 1. The molecule has 1 aliphatic rings. The molecule has 6 nitrogen and oxygen atoms in total. The number of rotatable bonds is 5. The van der Waals surface area contributed by atoms with E-state index in [0.29, 0.717) is 50.7 Å². The Kier molecular flexibility index (Phi) is 5.02. The second-order valence-corrected chi connectivity index (χ2v) is 5.74. The van der Waals surface area contributed by atoms with Gasteiger partial charge in [-0.1, -0.05) is 35.5 Å². The minimum atomic E-state index is 0.157. The van der Waals surface area contributed by atoms with Gasteiger partial charge in [0.2, 0.25) is 17.6 Å². The maximum absolute atomic E-state index is 12.2. The molecule has 1 fully saturated rings. The van der Waals surface area contributed by atoms with Crippen LogP contribution < -0.4 is 0 Å². The fraction of sp³-hybridized carbons (Fsp3) is 0.471. The molecule has 0 saturated carbocycles. The highest BCUT2D eigenvalue weighted by atomic mass is 16.5. The maximum atomic E-state index is 12.2. The summed E-state index contributed by atoms with van der Waals surface area (Å²) in [4.78, 5) is 18.5. The predicted octanol–water partition coefficient (Wildman–Crippen LogP) is 2.31. The van der Waals surface area contributed by atoms with Gasteiger partial charge in [0.05, 0.1) is 19.3 Å². The van der Waals surface area contributed by atoms with Crippen molar-refractivity contribution >= 4 is 5.91 Å². The molecule has 0 N–H and O–H groups in total. The highest BCUT2D eigenvalue weighted by Crippen LogP contribution is 2.16. The van der Waals surface area contributed by atoms with Crippen LogP contribution in [0.15, 0.2) is 34.9 Å². The lowest BCUT2D eigenvalue weighted by Gasteiger charge is -2.33. The normalized spacial score (nSPS) is 18.1. The zero-order chi connectivity index (χ0) is 16.1. The van der Waals surface area contributed by atoms with E-state index in [-0.39, 0.29) is 11.9 Å². The predicted molar refractivity (Wildman–Crippen MR) is 84.7 cm³/mol. The first-order valence-corrected chi connectivity index (χ1v) is 7.99. The van der Waals surface area contributed by atoms with Crippen LogP contribution in [0.5, 0.6) is 0 Å². The molecule has 0 aliphatic carbocycles. The van der Waals surface area contributed by atoms with E-state index in [1.807, 2.05) is 42.2 Å². The van der Waals surface area contributed by atoms with E-state index in [1.54, 1.807) is 0 Å². The smallest absolute Gasteiger partial charge is 0.226 e. The van der Waals surface area contributed by atoms with Crippen molar-refractivity contribution in [3.8, 4) is 11.4 Å². The van der Waals surface area contributed by atoms with Gasteiger partial charge in [0.1, 0.15) is 0 Å². The van der Waals surface area contributed by atoms with Crippen molar-refractivity contribution in [2.45, 2.75) is 32.2 Å². The summed E-state index contributed by atoms with van der Waals surface area (Å²) in [6, 6.07) is 9.86. The molecule has 2 heterocycles. The lowest BCUT2D eigenvalue weighted by atomic mass is 10.2. The van der Waals surface area contributed by atoms with E-state index in [1.165, 1.54) is 0 Å². The molecule has 122 valence electrons. The first-order chi connectivity index (χ1) is 11.2. The van der Waals surface area contributed by atoms with Crippen molar-refractivity contribution in [3.05, 3.63) is 36.2 Å². The number of carbonyl (C=O) groups is 1. The molecule has 0 spiro atoms. The van der Waals surface area contributed by atoms with E-state index in [2.05, 4.69) is 10.1 Å². The molecule has 23 heavy (non-hydrogen) atoms. The average Bonchev–Trinajstić information content (AvgIpc) is 3.05. The van der Waals surface area contributed by atoms with E-state index >= 15 is 0 Å². The zero-order valence-electron chi connectivity index (χ0n) is 13.3. The lowest BCUT2D eigenvalue weighted by molar-refractivity contribution is -0.139. The Morgan fingerprint density at radius 3 is 2.96 bits per heavy atom. The highest BCUT2D eigenvalue weighted by Gasteiger charge is 2.23. The van der Waals surface area contributed by atoms with E-state index < -0.39 is 0 Å². The first-order valence-electron chi connectivity index (χ1n) is 7.99. The Balaban J connectivity index is 1.49. The zero-order valence-corrected chi connectivity index (χ0v) is 13.3. The Labute approximate surface area is 135 Å². The van der Waals surface area contributed by atoms with Crippen molar-refractivity contribution in [2.24, 2.45) is 0 Å². The minimum absolute atomic E-state index is 0.157. The Morgan fingerprint density at radius 1 is 1.35 bits per heavy atom. The topological polar surface area (TPSA) is 68.5 Å². The van der Waals surface area contributed by atoms with Crippen molar-refractivity contribution in [2.75, 3.05) is 19.8 Å². The summed E-state index contributed by atoms with van der Waals surface area (Å²) >= 11 is 0. The fourth-order valence-corrected chi connectivity index (χ4v) is 2.69. The largest absolute Gasteiger partial charge is 0.377 e. The van der Waals surface area contributed by atoms with Gasteiger partial charge < -0.3 is 14.2 Å². The van der Waals surface area contributed by atoms with Crippen LogP contribution in [-0.4, -0.2) is 46.7 Å². The number of hydrogen-bond donors (Lipinski definition) is 0. The fourth-order valence-electron chi connectivity index (χ4n) is 2.69. The second-order valence-electron chi connectivity index (χ2n) is 5.74. The lowest BCUT2D eigenvalue weighted by Crippen LogP contribution is -2.47. The van der Waals surface area contributed by atoms with Crippen molar-refractivity contribution in [3.63, 3.8) is 0 Å². The standard InChI is InChI=1S/C17H21N3O3/c1-13-12-22-11-10-20(13)16(21)9-5-8-15-18-17(19-23-15)14-6-3-2-4-7-14/h2-4,6-7,13H,5,8-12H2,1H3/t13-/m0/s1. The summed E-state index contributed by atoms with van der Waals surface area (Å²) < 4.78 is 10.6. The number of amides is 1. The molecule has 1 aromatic carbocycles. The van der Waals surface area contributed by atoms with Gasteiger partial charge in [-0.2, -0.15) is 4.98 Å². The Morgan fingerprint density at radius 2 is 2.17 bits per heavy atom. The molecule has 1 aromatic heterocycles. The Bertz CT molecular complexity index is 642. The molecule has 2 aromatic rings. The summed E-state index contributed by atoms with van der Waals surface area (Å²) in [5.74, 6) is 1.34. The van der Waals surface area contributed by atoms with Crippen molar-refractivity contribution in [1.29, 1.82) is 0 Å². The third-order valence-electron chi connectivity index (χ3n) is 3.97. The molecule has 0 unspecified atom stereocenters. The van der Waals surface area contributed by atoms with Crippen LogP contribution >= 0.6 is 0 Å². The quantitative estimate of drug-likeness (QED) is 0.847. The third kappa shape index (κ3) is 3.96. The minimum Gasteiger partial charge on any atom is -0.377 e. The number of nitrogens with zero attached hydrogens (tertiary/aromatic N) is 3. The molecule has 1 atom stereocenters. The van der Waals surface area contributed by atoms with E-state index in [4.69, 9.17) is 9.26 Å². The summed E-state index contributed by atoms with van der Waals surface area (Å²) in [6.07, 6.45) is 1.82. The first kappa shape index (κ1) is 15.7. The van der Waals surface area contributed by atoms with Gasteiger partial charge in [-0.15, -0.1) is 0 Å². The van der Waals surface area contributed by atoms with Crippen LogP contribution in [0.4, 0.5) is 0 Å². The molecular weight excluding hydrogens is 294 g/mol. The second kappa shape index (κ2) is 7.37. The summed E-state index contributed by atoms with van der Waals surface area (Å²) in [5.41, 5.74) is 0.931. The number of hydrogen-bond acceptors (Lipinski definition) is 5. The van der Waals surface area contributed by atoms with Crippen LogP contribution in [0, 0.1) is 0 Å². The SMILES string of the molecule is C[C@H]1COCCN1C(=O)CCCc1nc(-c2ccccc2)no1. The number of ether oxygens (including phenoxy) is 1. The highest BCUT2D eigenvalue weighted by molar-refractivity contribution is 5.76. The van der Waals surface area contributed by atoms with Crippen LogP contribution in [0.25, 0.3) is 11.4 Å². The van der Waals surface area contributed by atoms with Gasteiger partial charge in [0, 0.05) is 24.9 Å². The summed E-state index contributed by atoms with van der Waals surface area (Å²) in [6.45, 7) is 3.94. The van der Waals surface area contributed by atoms with E-state index in [9.17, 15) is 4.79 Å². The van der Waals surface area contributed by atoms with Gasteiger partial charge >= 0.3 is 0 Å². The van der Waals surface area contributed by atoms with Crippen LogP contribution in [0.1, 0.15) is 25.7 Å². The van der Waals surface area contributed by atoms with E-state index in [0.717, 1.165) is 5.56 Å². The number of carbonyl (C=O) groups excluding carboxylic acids is 1. The number of morpholine rings is 1. The van der Waals surface area contributed by atoms with Gasteiger partial charge in [-0.25, -0.2) is 0 Å². The van der Waals surface area contributed by atoms with Gasteiger partial charge in [0.25, 0.3) is 0 Å². The molecule has 1 amide bonds. The molecule has 0 bridgehead atoms. The van der Waals surface area contributed by atoms with Crippen LogP contribution in [0.2, 0.25) is 0 Å². The van der Waals surface area contributed by atoms with Crippen molar-refractivity contribution in [1.82, 2.24) is 15.0 Å².